The van der Waals surface area contributed by atoms with Crippen molar-refractivity contribution >= 4 is 28.4 Å². The molecule has 1 N–H and O–H groups in total. The zero-order chi connectivity index (χ0) is 18.5. The average molecular weight is 377 g/mol. The topological polar surface area (TPSA) is 33.6 Å². The van der Waals surface area contributed by atoms with Crippen LogP contribution in [0.3, 0.4) is 0 Å². The fourth-order valence-corrected chi connectivity index (χ4v) is 4.50. The van der Waals surface area contributed by atoms with Gasteiger partial charge in [-0.25, -0.2) is 0 Å². The molecule has 0 radical (unpaired) electrons. The number of benzene rings is 3. The highest BCUT2D eigenvalue weighted by Gasteiger charge is 2.14. The lowest BCUT2D eigenvalue weighted by Crippen LogP contribution is -2.30. The maximum absolute atomic E-state index is 5.93. The summed E-state index contributed by atoms with van der Waals surface area (Å²) >= 11 is 1.85. The van der Waals surface area contributed by atoms with Crippen molar-refractivity contribution in [3.63, 3.8) is 0 Å². The summed E-state index contributed by atoms with van der Waals surface area (Å²) in [6.07, 6.45) is 1.10. The Morgan fingerprint density at radius 2 is 1.89 bits per heavy atom. The van der Waals surface area contributed by atoms with Crippen LogP contribution in [0.4, 0.5) is 0 Å². The maximum atomic E-state index is 5.93. The van der Waals surface area contributed by atoms with Crippen molar-refractivity contribution in [1.82, 2.24) is 5.32 Å². The molecule has 0 bridgehead atoms. The van der Waals surface area contributed by atoms with Gasteiger partial charge in [-0.15, -0.1) is 11.8 Å². The summed E-state index contributed by atoms with van der Waals surface area (Å²) in [4.78, 5) is 5.93. The molecular weight excluding hydrogens is 352 g/mol. The van der Waals surface area contributed by atoms with Gasteiger partial charge in [0.15, 0.2) is 0 Å². The smallest absolute Gasteiger partial charge is 0.129 e. The number of rotatable bonds is 6. The molecule has 0 aliphatic carbocycles. The van der Waals surface area contributed by atoms with Gasteiger partial charge >= 0.3 is 0 Å². The zero-order valence-electron chi connectivity index (χ0n) is 15.6. The molecule has 0 spiro atoms. The van der Waals surface area contributed by atoms with E-state index in [9.17, 15) is 0 Å². The molecule has 0 saturated carbocycles. The molecule has 0 amide bonds. The van der Waals surface area contributed by atoms with E-state index in [2.05, 4.69) is 71.0 Å². The molecule has 1 heterocycles. The summed E-state index contributed by atoms with van der Waals surface area (Å²) in [6.45, 7) is 4.61. The quantitative estimate of drug-likeness (QED) is 0.595. The van der Waals surface area contributed by atoms with Gasteiger partial charge in [0, 0.05) is 34.9 Å². The highest BCUT2D eigenvalue weighted by atomic mass is 32.2. The molecule has 1 aliphatic heterocycles. The van der Waals surface area contributed by atoms with Crippen molar-refractivity contribution in [1.29, 1.82) is 0 Å². The van der Waals surface area contributed by atoms with Crippen LogP contribution < -0.4 is 10.1 Å². The fraction of sp³-hybridized carbons (Fsp3) is 0.261. The number of fused-ring (bicyclic) bond motifs is 1. The first-order valence-corrected chi connectivity index (χ1v) is 10.5. The Balaban J connectivity index is 1.66. The summed E-state index contributed by atoms with van der Waals surface area (Å²) in [5.74, 6) is 2.86. The number of hydrogen-bond acceptors (Lipinski definition) is 4. The summed E-state index contributed by atoms with van der Waals surface area (Å²) in [6, 6.07) is 21.3. The van der Waals surface area contributed by atoms with Crippen molar-refractivity contribution in [3.05, 3.63) is 71.8 Å². The third kappa shape index (κ3) is 3.96. The molecule has 4 rings (SSSR count). The number of nitrogens with zero attached hydrogens (tertiary/aromatic N) is 1. The second-order valence-corrected chi connectivity index (χ2v) is 7.51. The minimum atomic E-state index is 0.674. The van der Waals surface area contributed by atoms with Gasteiger partial charge in [0.1, 0.15) is 11.6 Å². The Kier molecular flexibility index (Phi) is 5.64. The predicted molar refractivity (Wildman–Crippen MR) is 115 cm³/mol. The first-order valence-electron chi connectivity index (χ1n) is 9.51. The first-order chi connectivity index (χ1) is 13.4. The van der Waals surface area contributed by atoms with Crippen molar-refractivity contribution in [2.24, 2.45) is 4.99 Å². The van der Waals surface area contributed by atoms with Crippen LogP contribution in [0, 0.1) is 0 Å². The zero-order valence-corrected chi connectivity index (χ0v) is 16.4. The van der Waals surface area contributed by atoms with Crippen molar-refractivity contribution in [3.8, 4) is 5.75 Å². The summed E-state index contributed by atoms with van der Waals surface area (Å²) in [7, 11) is 0. The molecule has 1 aliphatic rings. The van der Waals surface area contributed by atoms with E-state index >= 15 is 0 Å². The van der Waals surface area contributed by atoms with E-state index < -0.39 is 0 Å². The lowest BCUT2D eigenvalue weighted by atomic mass is 10.0. The molecule has 0 aromatic heterocycles. The first kappa shape index (κ1) is 17.9. The summed E-state index contributed by atoms with van der Waals surface area (Å²) < 4.78 is 5.93. The van der Waals surface area contributed by atoms with Crippen LogP contribution in [-0.4, -0.2) is 25.5 Å². The second-order valence-electron chi connectivity index (χ2n) is 6.49. The van der Waals surface area contributed by atoms with Crippen molar-refractivity contribution in [2.75, 3.05) is 19.7 Å². The highest BCUT2D eigenvalue weighted by molar-refractivity contribution is 7.98. The van der Waals surface area contributed by atoms with Crippen molar-refractivity contribution < 1.29 is 4.74 Å². The number of ether oxygens (including phenoxy) is 1. The Hall–Kier alpha value is -2.46. The van der Waals surface area contributed by atoms with E-state index in [0.29, 0.717) is 6.61 Å². The van der Waals surface area contributed by atoms with E-state index in [1.54, 1.807) is 0 Å². The molecule has 0 fully saturated rings. The van der Waals surface area contributed by atoms with Gasteiger partial charge in [0.2, 0.25) is 0 Å². The summed E-state index contributed by atoms with van der Waals surface area (Å²) in [5.41, 5.74) is 2.45. The number of hydrogen-bond donors (Lipinski definition) is 1. The van der Waals surface area contributed by atoms with Gasteiger partial charge in [-0.05, 0) is 36.2 Å². The normalized spacial score (nSPS) is 13.9. The predicted octanol–water partition coefficient (Wildman–Crippen LogP) is 5.27. The van der Waals surface area contributed by atoms with Gasteiger partial charge in [-0.2, -0.15) is 0 Å². The van der Waals surface area contributed by atoms with Crippen LogP contribution in [-0.2, 0) is 5.75 Å². The third-order valence-corrected chi connectivity index (χ3v) is 5.81. The van der Waals surface area contributed by atoms with E-state index in [4.69, 9.17) is 4.74 Å². The monoisotopic (exact) mass is 376 g/mol. The van der Waals surface area contributed by atoms with Gasteiger partial charge in [0.05, 0.1) is 6.61 Å². The molecule has 3 aromatic rings. The van der Waals surface area contributed by atoms with Gasteiger partial charge in [0.25, 0.3) is 0 Å². The molecule has 138 valence electrons. The Morgan fingerprint density at radius 3 is 2.74 bits per heavy atom. The minimum absolute atomic E-state index is 0.674. The molecule has 3 nitrogen and oxygen atoms in total. The van der Waals surface area contributed by atoms with E-state index in [1.807, 2.05) is 18.7 Å². The van der Waals surface area contributed by atoms with Gasteiger partial charge < -0.3 is 10.1 Å². The Morgan fingerprint density at radius 1 is 1.04 bits per heavy atom. The standard InChI is InChI=1S/C23H24N2OS/c1-2-26-21-13-12-17-8-3-4-9-18(17)20(21)16-27-22-11-6-5-10-19(22)23-24-14-7-15-25-23/h3-6,8-13H,2,7,14-16H2,1H3,(H,24,25). The number of nitrogens with one attached hydrogen (secondary N) is 1. The van der Waals surface area contributed by atoms with Crippen LogP contribution in [0.1, 0.15) is 24.5 Å². The lowest BCUT2D eigenvalue weighted by Gasteiger charge is -2.18. The largest absolute Gasteiger partial charge is 0.494 e. The molecule has 0 atom stereocenters. The number of thioether (sulfide) groups is 1. The second kappa shape index (κ2) is 8.49. The van der Waals surface area contributed by atoms with Crippen LogP contribution in [0.25, 0.3) is 10.8 Å². The fourth-order valence-electron chi connectivity index (χ4n) is 3.41. The van der Waals surface area contributed by atoms with E-state index in [0.717, 1.165) is 36.8 Å². The molecule has 0 unspecified atom stereocenters. The minimum Gasteiger partial charge on any atom is -0.494 e. The van der Waals surface area contributed by atoms with E-state index in [1.165, 1.54) is 26.8 Å². The van der Waals surface area contributed by atoms with Crippen LogP contribution >= 0.6 is 11.8 Å². The Bertz CT molecular complexity index is 968. The van der Waals surface area contributed by atoms with Crippen molar-refractivity contribution in [2.45, 2.75) is 24.0 Å². The SMILES string of the molecule is CCOc1ccc2ccccc2c1CSc1ccccc1C1=NCCCN1. The molecule has 0 saturated heterocycles. The Labute approximate surface area is 164 Å². The summed E-state index contributed by atoms with van der Waals surface area (Å²) in [5, 5.41) is 5.97. The molecule has 3 aromatic carbocycles. The average Bonchev–Trinajstić information content (AvgIpc) is 2.74. The van der Waals surface area contributed by atoms with Gasteiger partial charge in [-0.3, -0.25) is 4.99 Å². The maximum Gasteiger partial charge on any atom is 0.129 e. The number of aliphatic imine (C=N–C) groups is 1. The molecule has 27 heavy (non-hydrogen) atoms. The molecular formula is C23H24N2OS. The van der Waals surface area contributed by atoms with E-state index in [-0.39, 0.29) is 0 Å². The van der Waals surface area contributed by atoms with Crippen LogP contribution in [0.5, 0.6) is 5.75 Å². The number of amidine groups is 1. The lowest BCUT2D eigenvalue weighted by molar-refractivity contribution is 0.338. The van der Waals surface area contributed by atoms with Crippen LogP contribution in [0.2, 0.25) is 0 Å². The van der Waals surface area contributed by atoms with Gasteiger partial charge in [-0.1, -0.05) is 48.5 Å². The third-order valence-electron chi connectivity index (χ3n) is 4.71. The highest BCUT2D eigenvalue weighted by Crippen LogP contribution is 2.35. The van der Waals surface area contributed by atoms with Crippen LogP contribution in [0.15, 0.2) is 70.6 Å². The molecule has 4 heteroatoms.